The molecule has 0 heterocycles. The average molecular weight is 257 g/mol. The molecule has 0 radical (unpaired) electrons. The van der Waals surface area contributed by atoms with Crippen LogP contribution in [0.5, 0.6) is 11.5 Å². The third-order valence-corrected chi connectivity index (χ3v) is 3.25. The van der Waals surface area contributed by atoms with Gasteiger partial charge in [0.1, 0.15) is 0 Å². The van der Waals surface area contributed by atoms with E-state index in [4.69, 9.17) is 15.2 Å². The highest BCUT2D eigenvalue weighted by molar-refractivity contribution is 5.50. The number of rotatable bonds is 5. The normalized spacial score (nSPS) is 16.8. The van der Waals surface area contributed by atoms with E-state index < -0.39 is 6.43 Å². The zero-order valence-corrected chi connectivity index (χ0v) is 10.5. The first-order chi connectivity index (χ1) is 8.49. The Morgan fingerprint density at radius 3 is 2.39 bits per heavy atom. The Kier molecular flexibility index (Phi) is 3.43. The van der Waals surface area contributed by atoms with Gasteiger partial charge in [0, 0.05) is 5.54 Å². The molecule has 0 spiro atoms. The van der Waals surface area contributed by atoms with Gasteiger partial charge in [-0.1, -0.05) is 0 Å². The molecule has 0 amide bonds. The van der Waals surface area contributed by atoms with E-state index in [1.54, 1.807) is 6.07 Å². The highest BCUT2D eigenvalue weighted by atomic mass is 19.3. The number of alkyl halides is 2. The molecule has 1 aromatic carbocycles. The summed E-state index contributed by atoms with van der Waals surface area (Å²) in [6.07, 6.45) is -0.134. The Morgan fingerprint density at radius 1 is 1.28 bits per heavy atom. The molecular weight excluding hydrogens is 240 g/mol. The predicted octanol–water partition coefficient (Wildman–Crippen LogP) is 2.68. The molecule has 0 saturated heterocycles. The van der Waals surface area contributed by atoms with E-state index in [9.17, 15) is 8.78 Å². The standard InChI is InChI=1S/C13H17F2NO2/c1-17-10-6-8(7-13(16)3-4-13)5-9(12(14)15)11(10)18-2/h5-6,12H,3-4,7,16H2,1-2H3. The first-order valence-corrected chi connectivity index (χ1v) is 5.81. The molecule has 2 N–H and O–H groups in total. The van der Waals surface area contributed by atoms with Gasteiger partial charge in [-0.3, -0.25) is 0 Å². The van der Waals surface area contributed by atoms with Gasteiger partial charge in [-0.25, -0.2) is 8.78 Å². The number of hydrogen-bond donors (Lipinski definition) is 1. The van der Waals surface area contributed by atoms with Crippen LogP contribution in [0, 0.1) is 0 Å². The summed E-state index contributed by atoms with van der Waals surface area (Å²) in [5.41, 5.74) is 6.41. The van der Waals surface area contributed by atoms with Gasteiger partial charge in [-0.05, 0) is 37.0 Å². The van der Waals surface area contributed by atoms with Crippen LogP contribution in [-0.4, -0.2) is 19.8 Å². The molecule has 0 bridgehead atoms. The number of ether oxygens (including phenoxy) is 2. The van der Waals surface area contributed by atoms with Gasteiger partial charge in [0.15, 0.2) is 11.5 Å². The molecule has 0 aromatic heterocycles. The smallest absolute Gasteiger partial charge is 0.267 e. The van der Waals surface area contributed by atoms with Gasteiger partial charge in [-0.2, -0.15) is 0 Å². The lowest BCUT2D eigenvalue weighted by Gasteiger charge is -2.16. The van der Waals surface area contributed by atoms with Crippen molar-refractivity contribution in [3.63, 3.8) is 0 Å². The van der Waals surface area contributed by atoms with E-state index in [1.165, 1.54) is 20.3 Å². The zero-order chi connectivity index (χ0) is 13.3. The van der Waals surface area contributed by atoms with Crippen LogP contribution >= 0.6 is 0 Å². The van der Waals surface area contributed by atoms with Gasteiger partial charge < -0.3 is 15.2 Å². The second-order valence-electron chi connectivity index (χ2n) is 4.76. The molecule has 3 nitrogen and oxygen atoms in total. The Hall–Kier alpha value is -1.36. The lowest BCUT2D eigenvalue weighted by Crippen LogP contribution is -2.24. The number of halogens is 2. The van der Waals surface area contributed by atoms with Crippen LogP contribution in [0.1, 0.15) is 30.4 Å². The van der Waals surface area contributed by atoms with Crippen molar-refractivity contribution in [2.75, 3.05) is 14.2 Å². The fraction of sp³-hybridized carbons (Fsp3) is 0.538. The van der Waals surface area contributed by atoms with E-state index in [2.05, 4.69) is 0 Å². The van der Waals surface area contributed by atoms with Crippen LogP contribution in [0.2, 0.25) is 0 Å². The van der Waals surface area contributed by atoms with E-state index in [-0.39, 0.29) is 16.9 Å². The van der Waals surface area contributed by atoms with Crippen LogP contribution in [0.3, 0.4) is 0 Å². The molecule has 0 atom stereocenters. The largest absolute Gasteiger partial charge is 0.493 e. The van der Waals surface area contributed by atoms with Crippen LogP contribution in [-0.2, 0) is 6.42 Å². The van der Waals surface area contributed by atoms with Gasteiger partial charge in [0.2, 0.25) is 0 Å². The topological polar surface area (TPSA) is 44.5 Å². The predicted molar refractivity (Wildman–Crippen MR) is 64.4 cm³/mol. The summed E-state index contributed by atoms with van der Waals surface area (Å²) in [5.74, 6) is 0.424. The zero-order valence-electron chi connectivity index (χ0n) is 10.5. The van der Waals surface area contributed by atoms with Gasteiger partial charge in [0.05, 0.1) is 19.8 Å². The molecule has 100 valence electrons. The Morgan fingerprint density at radius 2 is 1.94 bits per heavy atom. The molecular formula is C13H17F2NO2. The Labute approximate surface area is 105 Å². The summed E-state index contributed by atoms with van der Waals surface area (Å²) in [4.78, 5) is 0. The third kappa shape index (κ3) is 2.56. The Balaban J connectivity index is 2.39. The summed E-state index contributed by atoms with van der Waals surface area (Å²) in [6, 6.07) is 3.18. The monoisotopic (exact) mass is 257 g/mol. The molecule has 1 aliphatic rings. The maximum atomic E-state index is 13.0. The molecule has 1 aromatic rings. The fourth-order valence-electron chi connectivity index (χ4n) is 2.06. The first-order valence-electron chi connectivity index (χ1n) is 5.81. The molecule has 2 rings (SSSR count). The van der Waals surface area contributed by atoms with Gasteiger partial charge in [0.25, 0.3) is 6.43 Å². The molecule has 18 heavy (non-hydrogen) atoms. The highest BCUT2D eigenvalue weighted by Crippen LogP contribution is 2.41. The average Bonchev–Trinajstić information content (AvgIpc) is 3.05. The Bertz CT molecular complexity index is 445. The van der Waals surface area contributed by atoms with Crippen molar-refractivity contribution in [1.82, 2.24) is 0 Å². The number of hydrogen-bond acceptors (Lipinski definition) is 3. The van der Waals surface area contributed by atoms with Crippen LogP contribution < -0.4 is 15.2 Å². The van der Waals surface area contributed by atoms with E-state index >= 15 is 0 Å². The summed E-state index contributed by atoms with van der Waals surface area (Å²) in [5, 5.41) is 0. The van der Waals surface area contributed by atoms with Crippen molar-refractivity contribution >= 4 is 0 Å². The van der Waals surface area contributed by atoms with Crippen molar-refractivity contribution < 1.29 is 18.3 Å². The van der Waals surface area contributed by atoms with Crippen LogP contribution in [0.25, 0.3) is 0 Å². The highest BCUT2D eigenvalue weighted by Gasteiger charge is 2.38. The van der Waals surface area contributed by atoms with Crippen LogP contribution in [0.15, 0.2) is 12.1 Å². The van der Waals surface area contributed by atoms with Crippen molar-refractivity contribution in [3.8, 4) is 11.5 Å². The van der Waals surface area contributed by atoms with E-state index in [0.29, 0.717) is 12.2 Å². The fourth-order valence-corrected chi connectivity index (χ4v) is 2.06. The number of methoxy groups -OCH3 is 2. The van der Waals surface area contributed by atoms with Gasteiger partial charge >= 0.3 is 0 Å². The number of benzene rings is 1. The number of nitrogens with two attached hydrogens (primary N) is 1. The maximum Gasteiger partial charge on any atom is 0.267 e. The quantitative estimate of drug-likeness (QED) is 0.882. The van der Waals surface area contributed by atoms with E-state index in [0.717, 1.165) is 18.4 Å². The molecule has 5 heteroatoms. The molecule has 1 aliphatic carbocycles. The van der Waals surface area contributed by atoms with Gasteiger partial charge in [-0.15, -0.1) is 0 Å². The lowest BCUT2D eigenvalue weighted by molar-refractivity contribution is 0.146. The third-order valence-electron chi connectivity index (χ3n) is 3.25. The molecule has 0 aliphatic heterocycles. The SMILES string of the molecule is COc1cc(CC2(N)CC2)cc(C(F)F)c1OC. The summed E-state index contributed by atoms with van der Waals surface area (Å²) in [7, 11) is 2.79. The minimum absolute atomic E-state index is 0.0955. The van der Waals surface area contributed by atoms with Crippen molar-refractivity contribution in [3.05, 3.63) is 23.3 Å². The van der Waals surface area contributed by atoms with Crippen molar-refractivity contribution in [2.24, 2.45) is 5.73 Å². The lowest BCUT2D eigenvalue weighted by atomic mass is 10.0. The summed E-state index contributed by atoms with van der Waals surface area (Å²) in [6.45, 7) is 0. The summed E-state index contributed by atoms with van der Waals surface area (Å²) < 4.78 is 36.1. The van der Waals surface area contributed by atoms with Crippen LogP contribution in [0.4, 0.5) is 8.78 Å². The van der Waals surface area contributed by atoms with Crippen molar-refractivity contribution in [2.45, 2.75) is 31.2 Å². The van der Waals surface area contributed by atoms with E-state index in [1.807, 2.05) is 0 Å². The molecule has 1 fully saturated rings. The minimum Gasteiger partial charge on any atom is -0.493 e. The molecule has 1 saturated carbocycles. The summed E-state index contributed by atoms with van der Waals surface area (Å²) >= 11 is 0. The first kappa shape index (κ1) is 13.1. The minimum atomic E-state index is -2.60. The van der Waals surface area contributed by atoms with Crippen molar-refractivity contribution in [1.29, 1.82) is 0 Å². The second-order valence-corrected chi connectivity index (χ2v) is 4.76. The second kappa shape index (κ2) is 4.72. The maximum absolute atomic E-state index is 13.0. The molecule has 0 unspecified atom stereocenters.